The molecule has 2 aliphatic rings. The lowest BCUT2D eigenvalue weighted by Crippen LogP contribution is -2.56. The summed E-state index contributed by atoms with van der Waals surface area (Å²) in [4.78, 5) is 30.1. The number of methoxy groups -OCH3 is 1. The van der Waals surface area contributed by atoms with Crippen molar-refractivity contribution in [3.8, 4) is 0 Å². The van der Waals surface area contributed by atoms with Gasteiger partial charge in [-0.25, -0.2) is 4.39 Å². The lowest BCUT2D eigenvalue weighted by Gasteiger charge is -2.50. The molecule has 184 valence electrons. The number of amides is 1. The maximum Gasteiger partial charge on any atom is 0.323 e. The largest absolute Gasteiger partial charge is 0.468 e. The quantitative estimate of drug-likeness (QED) is 0.374. The summed E-state index contributed by atoms with van der Waals surface area (Å²) in [5.41, 5.74) is 3.83. The van der Waals surface area contributed by atoms with Crippen molar-refractivity contribution in [2.75, 3.05) is 20.2 Å². The summed E-state index contributed by atoms with van der Waals surface area (Å²) in [7, 11) is 1.41. The second-order valence-electron chi connectivity index (χ2n) is 9.41. The number of halogens is 1. The molecule has 3 aromatic rings. The standard InChI is InChI=1S/C27H31FN4O3/c1-16(33)29-11-12-30-17-13-23(19-8-3-5-9-21(19)28)32-24(14-17)26-20(15-25(32)27(34)35-2)18-7-4-6-10-22(18)31-26/h3-10,17,23-25,30-31H,11-15H2,1-2H3,(H,29,33). The highest BCUT2D eigenvalue weighted by atomic mass is 19.1. The molecule has 7 nitrogen and oxygen atoms in total. The number of aromatic amines is 1. The van der Waals surface area contributed by atoms with E-state index in [1.165, 1.54) is 20.1 Å². The molecule has 0 radical (unpaired) electrons. The van der Waals surface area contributed by atoms with E-state index in [-0.39, 0.29) is 35.8 Å². The Morgan fingerprint density at radius 3 is 2.60 bits per heavy atom. The van der Waals surface area contributed by atoms with Crippen LogP contribution >= 0.6 is 0 Å². The Morgan fingerprint density at radius 1 is 1.09 bits per heavy atom. The molecule has 0 aliphatic carbocycles. The second-order valence-corrected chi connectivity index (χ2v) is 9.41. The molecular formula is C27H31FN4O3. The Bertz CT molecular complexity index is 1240. The van der Waals surface area contributed by atoms with Crippen LogP contribution in [-0.2, 0) is 20.7 Å². The average Bonchev–Trinajstić information content (AvgIpc) is 3.24. The van der Waals surface area contributed by atoms with Gasteiger partial charge in [0.1, 0.15) is 11.9 Å². The van der Waals surface area contributed by atoms with Gasteiger partial charge >= 0.3 is 5.97 Å². The fourth-order valence-corrected chi connectivity index (χ4v) is 5.88. The van der Waals surface area contributed by atoms with Crippen LogP contribution in [-0.4, -0.2) is 54.0 Å². The molecule has 1 aromatic heterocycles. The number of hydrogen-bond donors (Lipinski definition) is 3. The van der Waals surface area contributed by atoms with Gasteiger partial charge in [-0.05, 0) is 30.5 Å². The van der Waals surface area contributed by atoms with E-state index in [0.717, 1.165) is 28.6 Å². The average molecular weight is 479 g/mol. The van der Waals surface area contributed by atoms with Crippen molar-refractivity contribution in [2.24, 2.45) is 0 Å². The van der Waals surface area contributed by atoms with E-state index in [1.807, 2.05) is 30.3 Å². The van der Waals surface area contributed by atoms with Crippen LogP contribution in [0.5, 0.6) is 0 Å². The summed E-state index contributed by atoms with van der Waals surface area (Å²) < 4.78 is 20.4. The van der Waals surface area contributed by atoms with Gasteiger partial charge < -0.3 is 20.4 Å². The van der Waals surface area contributed by atoms with Crippen molar-refractivity contribution < 1.29 is 18.7 Å². The number of nitrogens with zero attached hydrogens (tertiary/aromatic N) is 1. The lowest BCUT2D eigenvalue weighted by molar-refractivity contribution is -0.152. The molecule has 8 heteroatoms. The maximum absolute atomic E-state index is 15.1. The Balaban J connectivity index is 1.57. The molecule has 3 heterocycles. The SMILES string of the molecule is COC(=O)C1Cc2c([nH]c3ccccc23)C2CC(NCCNC(C)=O)CC(c3ccccc3F)N12. The third-order valence-electron chi connectivity index (χ3n) is 7.34. The minimum atomic E-state index is -0.512. The van der Waals surface area contributed by atoms with E-state index >= 15 is 4.39 Å². The maximum atomic E-state index is 15.1. The van der Waals surface area contributed by atoms with Crippen LogP contribution in [0.25, 0.3) is 10.9 Å². The molecule has 1 amide bonds. The number of esters is 1. The molecule has 3 N–H and O–H groups in total. The van der Waals surface area contributed by atoms with Crippen LogP contribution in [0.3, 0.4) is 0 Å². The molecule has 5 rings (SSSR count). The molecule has 1 saturated heterocycles. The van der Waals surface area contributed by atoms with Gasteiger partial charge in [0.2, 0.25) is 5.91 Å². The summed E-state index contributed by atoms with van der Waals surface area (Å²) in [6, 6.07) is 14.1. The van der Waals surface area contributed by atoms with E-state index in [4.69, 9.17) is 4.74 Å². The van der Waals surface area contributed by atoms with Gasteiger partial charge in [0.25, 0.3) is 0 Å². The molecule has 1 fully saturated rings. The molecule has 2 aliphatic heterocycles. The van der Waals surface area contributed by atoms with Gasteiger partial charge in [-0.3, -0.25) is 14.5 Å². The zero-order chi connectivity index (χ0) is 24.5. The van der Waals surface area contributed by atoms with Crippen molar-refractivity contribution in [1.29, 1.82) is 0 Å². The Hall–Kier alpha value is -3.23. The second kappa shape index (κ2) is 9.79. The first-order valence-corrected chi connectivity index (χ1v) is 12.1. The number of nitrogens with one attached hydrogen (secondary N) is 3. The van der Waals surface area contributed by atoms with E-state index in [9.17, 15) is 9.59 Å². The van der Waals surface area contributed by atoms with Crippen molar-refractivity contribution in [1.82, 2.24) is 20.5 Å². The number of piperidine rings is 1. The number of hydrogen-bond acceptors (Lipinski definition) is 5. The van der Waals surface area contributed by atoms with Gasteiger partial charge in [-0.15, -0.1) is 0 Å². The van der Waals surface area contributed by atoms with Crippen LogP contribution in [0.4, 0.5) is 4.39 Å². The first kappa shape index (κ1) is 23.5. The zero-order valence-corrected chi connectivity index (χ0v) is 20.0. The summed E-state index contributed by atoms with van der Waals surface area (Å²) >= 11 is 0. The number of aromatic nitrogens is 1. The monoisotopic (exact) mass is 478 g/mol. The topological polar surface area (TPSA) is 86.5 Å². The molecule has 4 unspecified atom stereocenters. The van der Waals surface area contributed by atoms with Crippen LogP contribution < -0.4 is 10.6 Å². The first-order chi connectivity index (χ1) is 17.0. The summed E-state index contributed by atoms with van der Waals surface area (Å²) in [6.45, 7) is 2.63. The van der Waals surface area contributed by atoms with E-state index in [1.54, 1.807) is 6.07 Å². The van der Waals surface area contributed by atoms with Crippen LogP contribution in [0, 0.1) is 5.82 Å². The number of benzene rings is 2. The molecule has 0 saturated carbocycles. The fourth-order valence-electron chi connectivity index (χ4n) is 5.88. The summed E-state index contributed by atoms with van der Waals surface area (Å²) in [6.07, 6.45) is 1.90. The number of carbonyl (C=O) groups excluding carboxylic acids is 2. The number of H-pyrrole nitrogens is 1. The first-order valence-electron chi connectivity index (χ1n) is 12.1. The molecule has 35 heavy (non-hydrogen) atoms. The van der Waals surface area contributed by atoms with Crippen molar-refractivity contribution >= 4 is 22.8 Å². The Morgan fingerprint density at radius 2 is 1.83 bits per heavy atom. The summed E-state index contributed by atoms with van der Waals surface area (Å²) in [5, 5.41) is 7.49. The van der Waals surface area contributed by atoms with E-state index < -0.39 is 6.04 Å². The van der Waals surface area contributed by atoms with Crippen molar-refractivity contribution in [3.05, 3.63) is 71.2 Å². The predicted molar refractivity (Wildman–Crippen MR) is 131 cm³/mol. The zero-order valence-electron chi connectivity index (χ0n) is 20.0. The number of fused-ring (bicyclic) bond motifs is 5. The lowest BCUT2D eigenvalue weighted by atomic mass is 9.79. The minimum absolute atomic E-state index is 0.0678. The smallest absolute Gasteiger partial charge is 0.323 e. The van der Waals surface area contributed by atoms with Crippen LogP contribution in [0.2, 0.25) is 0 Å². The highest BCUT2D eigenvalue weighted by molar-refractivity contribution is 5.87. The Kier molecular flexibility index (Phi) is 6.58. The van der Waals surface area contributed by atoms with Crippen molar-refractivity contribution in [2.45, 2.75) is 50.4 Å². The highest BCUT2D eigenvalue weighted by Gasteiger charge is 2.48. The third-order valence-corrected chi connectivity index (χ3v) is 7.34. The highest BCUT2D eigenvalue weighted by Crippen LogP contribution is 2.49. The van der Waals surface area contributed by atoms with Gasteiger partial charge in [0.05, 0.1) is 13.2 Å². The van der Waals surface area contributed by atoms with E-state index in [0.29, 0.717) is 31.5 Å². The molecule has 0 bridgehead atoms. The minimum Gasteiger partial charge on any atom is -0.468 e. The van der Waals surface area contributed by atoms with E-state index in [2.05, 4.69) is 26.6 Å². The van der Waals surface area contributed by atoms with Gasteiger partial charge in [-0.2, -0.15) is 0 Å². The summed E-state index contributed by atoms with van der Waals surface area (Å²) in [5.74, 6) is -0.646. The third kappa shape index (κ3) is 4.44. The number of carbonyl (C=O) groups is 2. The van der Waals surface area contributed by atoms with Crippen LogP contribution in [0.1, 0.15) is 48.7 Å². The van der Waals surface area contributed by atoms with Crippen LogP contribution in [0.15, 0.2) is 48.5 Å². The van der Waals surface area contributed by atoms with Gasteiger partial charge in [0, 0.05) is 60.7 Å². The number of rotatable bonds is 6. The van der Waals surface area contributed by atoms with Gasteiger partial charge in [0.15, 0.2) is 0 Å². The normalized spacial score (nSPS) is 24.0. The molecular weight excluding hydrogens is 447 g/mol. The molecule has 4 atom stereocenters. The predicted octanol–water partition coefficient (Wildman–Crippen LogP) is 3.38. The van der Waals surface area contributed by atoms with Gasteiger partial charge in [-0.1, -0.05) is 36.4 Å². The molecule has 2 aromatic carbocycles. The Labute approximate surface area is 204 Å². The fraction of sp³-hybridized carbons (Fsp3) is 0.407. The molecule has 0 spiro atoms. The van der Waals surface area contributed by atoms with Crippen molar-refractivity contribution in [3.63, 3.8) is 0 Å². The number of para-hydroxylation sites is 1. The number of ether oxygens (including phenoxy) is 1.